The van der Waals surface area contributed by atoms with Crippen LogP contribution in [0, 0.1) is 6.92 Å². The molecule has 3 heterocycles. The number of carbonyl (C=O) groups excluding carboxylic acids is 2. The lowest BCUT2D eigenvalue weighted by atomic mass is 10.0. The van der Waals surface area contributed by atoms with Crippen LogP contribution in [-0.4, -0.2) is 28.5 Å². The van der Waals surface area contributed by atoms with E-state index in [1.165, 1.54) is 0 Å². The van der Waals surface area contributed by atoms with E-state index >= 15 is 0 Å². The van der Waals surface area contributed by atoms with Crippen molar-refractivity contribution in [3.8, 4) is 11.3 Å². The Bertz CT molecular complexity index is 1330. The summed E-state index contributed by atoms with van der Waals surface area (Å²) >= 11 is 0. The van der Waals surface area contributed by atoms with E-state index < -0.39 is 0 Å². The molecule has 7 nitrogen and oxygen atoms in total. The van der Waals surface area contributed by atoms with Gasteiger partial charge >= 0.3 is 0 Å². The Morgan fingerprint density at radius 1 is 1.10 bits per heavy atom. The van der Waals surface area contributed by atoms with Crippen molar-refractivity contribution in [3.05, 3.63) is 71.4 Å². The molecule has 154 valence electrons. The number of aromatic nitrogens is 2. The molecule has 0 spiro atoms. The largest absolute Gasteiger partial charge is 0.335 e. The molecule has 31 heavy (non-hydrogen) atoms. The molecule has 0 fully saturated rings. The van der Waals surface area contributed by atoms with Crippen molar-refractivity contribution >= 4 is 34.3 Å². The second kappa shape index (κ2) is 7.36. The lowest BCUT2D eigenvalue weighted by Crippen LogP contribution is -2.25. The summed E-state index contributed by atoms with van der Waals surface area (Å²) in [5.41, 5.74) is 5.53. The molecule has 1 aliphatic heterocycles. The van der Waals surface area contributed by atoms with Crippen molar-refractivity contribution in [2.75, 3.05) is 16.8 Å². The van der Waals surface area contributed by atoms with E-state index in [4.69, 9.17) is 4.52 Å². The second-order valence-corrected chi connectivity index (χ2v) is 7.59. The van der Waals surface area contributed by atoms with E-state index in [0.717, 1.165) is 23.2 Å². The number of pyridine rings is 1. The zero-order valence-electron chi connectivity index (χ0n) is 17.2. The smallest absolute Gasteiger partial charge is 0.259 e. The Hall–Kier alpha value is -4.00. The summed E-state index contributed by atoms with van der Waals surface area (Å²) in [7, 11) is 0. The Labute approximate surface area is 178 Å². The number of amides is 2. The average molecular weight is 412 g/mol. The molecule has 5 rings (SSSR count). The summed E-state index contributed by atoms with van der Waals surface area (Å²) in [6.07, 6.45) is 0.765. The van der Waals surface area contributed by atoms with E-state index in [1.807, 2.05) is 48.5 Å². The van der Waals surface area contributed by atoms with Gasteiger partial charge < -0.3 is 14.7 Å². The molecule has 0 bridgehead atoms. The van der Waals surface area contributed by atoms with Gasteiger partial charge in [-0.15, -0.1) is 0 Å². The predicted octanol–water partition coefficient (Wildman–Crippen LogP) is 4.36. The first-order valence-corrected chi connectivity index (χ1v) is 10.1. The molecule has 0 saturated heterocycles. The van der Waals surface area contributed by atoms with Crippen LogP contribution in [-0.2, 0) is 11.2 Å². The number of nitrogens with zero attached hydrogens (tertiary/aromatic N) is 3. The number of anilines is 2. The van der Waals surface area contributed by atoms with E-state index in [2.05, 4.69) is 15.5 Å². The van der Waals surface area contributed by atoms with Crippen LogP contribution in [0.4, 0.5) is 11.4 Å². The minimum Gasteiger partial charge on any atom is -0.335 e. The standard InChI is InChI=1S/C24H20N4O3/c1-14-22-19(13-20(26-24(22)31-27-14)16-6-4-3-5-7-16)23(30)25-18-8-9-21-17(12-18)10-11-28(21)15(2)29/h3-9,12-13H,10-11H2,1-2H3,(H,25,30). The van der Waals surface area contributed by atoms with Crippen molar-refractivity contribution in [2.45, 2.75) is 20.3 Å². The fourth-order valence-corrected chi connectivity index (χ4v) is 4.04. The fourth-order valence-electron chi connectivity index (χ4n) is 4.04. The number of fused-ring (bicyclic) bond motifs is 2. The van der Waals surface area contributed by atoms with Crippen LogP contribution in [0.1, 0.15) is 28.5 Å². The van der Waals surface area contributed by atoms with Gasteiger partial charge in [0.2, 0.25) is 5.91 Å². The number of hydrogen-bond donors (Lipinski definition) is 1. The minimum absolute atomic E-state index is 0.0195. The Balaban J connectivity index is 1.52. The highest BCUT2D eigenvalue weighted by atomic mass is 16.5. The zero-order chi connectivity index (χ0) is 21.5. The molecule has 0 unspecified atom stereocenters. The molecule has 2 amide bonds. The van der Waals surface area contributed by atoms with Crippen LogP contribution in [0.2, 0.25) is 0 Å². The van der Waals surface area contributed by atoms with E-state index in [9.17, 15) is 9.59 Å². The molecule has 0 saturated carbocycles. The molecular formula is C24H20N4O3. The lowest BCUT2D eigenvalue weighted by molar-refractivity contribution is -0.116. The summed E-state index contributed by atoms with van der Waals surface area (Å²) in [5, 5.41) is 7.58. The monoisotopic (exact) mass is 412 g/mol. The zero-order valence-corrected chi connectivity index (χ0v) is 17.2. The van der Waals surface area contributed by atoms with Gasteiger partial charge in [0.1, 0.15) is 0 Å². The van der Waals surface area contributed by atoms with Gasteiger partial charge in [-0.25, -0.2) is 4.98 Å². The summed E-state index contributed by atoms with van der Waals surface area (Å²) in [4.78, 5) is 31.3. The molecule has 2 aromatic heterocycles. The molecule has 2 aromatic carbocycles. The first-order valence-electron chi connectivity index (χ1n) is 10.1. The lowest BCUT2D eigenvalue weighted by Gasteiger charge is -2.15. The topological polar surface area (TPSA) is 88.3 Å². The van der Waals surface area contributed by atoms with Crippen LogP contribution in [0.25, 0.3) is 22.4 Å². The van der Waals surface area contributed by atoms with Crippen molar-refractivity contribution in [1.29, 1.82) is 0 Å². The third kappa shape index (κ3) is 3.34. The maximum absolute atomic E-state index is 13.3. The third-order valence-electron chi connectivity index (χ3n) is 5.54. The van der Waals surface area contributed by atoms with Crippen LogP contribution in [0.15, 0.2) is 59.1 Å². The molecule has 1 aliphatic rings. The quantitative estimate of drug-likeness (QED) is 0.540. The number of benzene rings is 2. The van der Waals surface area contributed by atoms with Gasteiger partial charge in [0, 0.05) is 30.4 Å². The molecule has 0 aliphatic carbocycles. The number of aryl methyl sites for hydroxylation is 1. The highest BCUT2D eigenvalue weighted by molar-refractivity contribution is 6.13. The third-order valence-corrected chi connectivity index (χ3v) is 5.54. The van der Waals surface area contributed by atoms with Crippen LogP contribution < -0.4 is 10.2 Å². The molecular weight excluding hydrogens is 392 g/mol. The molecule has 7 heteroatoms. The molecule has 1 N–H and O–H groups in total. The highest BCUT2D eigenvalue weighted by Gasteiger charge is 2.23. The van der Waals surface area contributed by atoms with Crippen molar-refractivity contribution in [3.63, 3.8) is 0 Å². The maximum atomic E-state index is 13.3. The highest BCUT2D eigenvalue weighted by Crippen LogP contribution is 2.32. The van der Waals surface area contributed by atoms with Gasteiger partial charge in [0.25, 0.3) is 11.6 Å². The SMILES string of the molecule is CC(=O)N1CCc2cc(NC(=O)c3cc(-c4ccccc4)nc4onc(C)c34)ccc21. The molecule has 0 atom stereocenters. The molecule has 0 radical (unpaired) electrons. The van der Waals surface area contributed by atoms with Gasteiger partial charge in [-0.3, -0.25) is 9.59 Å². The van der Waals surface area contributed by atoms with Crippen LogP contribution >= 0.6 is 0 Å². The molecule has 4 aromatic rings. The number of carbonyl (C=O) groups is 2. The first kappa shape index (κ1) is 19.0. The predicted molar refractivity (Wildman–Crippen MR) is 118 cm³/mol. The summed E-state index contributed by atoms with van der Waals surface area (Å²) < 4.78 is 5.37. The summed E-state index contributed by atoms with van der Waals surface area (Å²) in [6, 6.07) is 17.0. The van der Waals surface area contributed by atoms with E-state index in [1.54, 1.807) is 24.8 Å². The average Bonchev–Trinajstić information content (AvgIpc) is 3.37. The Morgan fingerprint density at radius 2 is 1.90 bits per heavy atom. The van der Waals surface area contributed by atoms with Gasteiger partial charge in [-0.2, -0.15) is 0 Å². The van der Waals surface area contributed by atoms with E-state index in [-0.39, 0.29) is 11.8 Å². The van der Waals surface area contributed by atoms with E-state index in [0.29, 0.717) is 40.3 Å². The van der Waals surface area contributed by atoms with Gasteiger partial charge in [0.05, 0.1) is 22.3 Å². The number of hydrogen-bond acceptors (Lipinski definition) is 5. The second-order valence-electron chi connectivity index (χ2n) is 7.59. The summed E-state index contributed by atoms with van der Waals surface area (Å²) in [6.45, 7) is 4.01. The fraction of sp³-hybridized carbons (Fsp3) is 0.167. The van der Waals surface area contributed by atoms with Crippen molar-refractivity contribution in [2.24, 2.45) is 0 Å². The van der Waals surface area contributed by atoms with Crippen LogP contribution in [0.3, 0.4) is 0 Å². The normalized spacial score (nSPS) is 12.8. The van der Waals surface area contributed by atoms with Gasteiger partial charge in [-0.05, 0) is 43.2 Å². The van der Waals surface area contributed by atoms with Gasteiger partial charge in [0.15, 0.2) is 0 Å². The number of rotatable bonds is 3. The van der Waals surface area contributed by atoms with Crippen molar-refractivity contribution < 1.29 is 14.1 Å². The van der Waals surface area contributed by atoms with Gasteiger partial charge in [-0.1, -0.05) is 35.5 Å². The Morgan fingerprint density at radius 3 is 2.68 bits per heavy atom. The minimum atomic E-state index is -0.266. The Kier molecular flexibility index (Phi) is 4.51. The van der Waals surface area contributed by atoms with Crippen LogP contribution in [0.5, 0.6) is 0 Å². The first-order chi connectivity index (χ1) is 15.0. The number of nitrogens with one attached hydrogen (secondary N) is 1. The maximum Gasteiger partial charge on any atom is 0.259 e. The van der Waals surface area contributed by atoms with Crippen molar-refractivity contribution in [1.82, 2.24) is 10.1 Å². The summed E-state index contributed by atoms with van der Waals surface area (Å²) in [5.74, 6) is -0.247.